The minimum Gasteiger partial charge on any atom is -0.493 e. The molecule has 1 amide bonds. The molecule has 6 nitrogen and oxygen atoms in total. The monoisotopic (exact) mass is 363 g/mol. The van der Waals surface area contributed by atoms with E-state index in [4.69, 9.17) is 9.47 Å². The molecule has 1 heterocycles. The van der Waals surface area contributed by atoms with Gasteiger partial charge >= 0.3 is 0 Å². The number of hydrogen-bond donors (Lipinski definition) is 2. The molecule has 0 unspecified atom stereocenters. The van der Waals surface area contributed by atoms with Crippen molar-refractivity contribution in [2.75, 3.05) is 24.4 Å². The second kappa shape index (κ2) is 9.24. The molecule has 0 fully saturated rings. The van der Waals surface area contributed by atoms with Crippen molar-refractivity contribution in [3.05, 3.63) is 78.6 Å². The number of methoxy groups -OCH3 is 1. The summed E-state index contributed by atoms with van der Waals surface area (Å²) in [5, 5.41) is 6.12. The van der Waals surface area contributed by atoms with Crippen LogP contribution in [0.1, 0.15) is 5.56 Å². The van der Waals surface area contributed by atoms with E-state index in [0.717, 1.165) is 11.3 Å². The number of nitrogens with one attached hydrogen (secondary N) is 2. The number of para-hydroxylation sites is 2. The highest BCUT2D eigenvalue weighted by atomic mass is 16.5. The first-order chi connectivity index (χ1) is 13.2. The van der Waals surface area contributed by atoms with Crippen LogP contribution in [0.3, 0.4) is 0 Å². The lowest BCUT2D eigenvalue weighted by Gasteiger charge is -2.11. The van der Waals surface area contributed by atoms with Gasteiger partial charge in [-0.3, -0.25) is 9.78 Å². The summed E-state index contributed by atoms with van der Waals surface area (Å²) in [5.41, 5.74) is 2.76. The number of ether oxygens (including phenoxy) is 2. The Morgan fingerprint density at radius 1 is 0.963 bits per heavy atom. The van der Waals surface area contributed by atoms with Gasteiger partial charge in [0.1, 0.15) is 0 Å². The second-order valence-electron chi connectivity index (χ2n) is 5.78. The second-order valence-corrected chi connectivity index (χ2v) is 5.78. The molecule has 0 atom stereocenters. The summed E-state index contributed by atoms with van der Waals surface area (Å²) in [6, 6.07) is 18.6. The van der Waals surface area contributed by atoms with Crippen LogP contribution in [0.2, 0.25) is 0 Å². The predicted octanol–water partition coefficient (Wildman–Crippen LogP) is 3.72. The average Bonchev–Trinajstić information content (AvgIpc) is 2.72. The zero-order chi connectivity index (χ0) is 18.9. The van der Waals surface area contributed by atoms with Crippen molar-refractivity contribution in [2.24, 2.45) is 0 Å². The van der Waals surface area contributed by atoms with Crippen LogP contribution in [-0.2, 0) is 11.3 Å². The van der Waals surface area contributed by atoms with Gasteiger partial charge in [-0.15, -0.1) is 0 Å². The summed E-state index contributed by atoms with van der Waals surface area (Å²) >= 11 is 0. The van der Waals surface area contributed by atoms with Gasteiger partial charge in [0.05, 0.1) is 7.11 Å². The molecule has 138 valence electrons. The summed E-state index contributed by atoms with van der Waals surface area (Å²) in [6.45, 7) is 0.591. The molecule has 6 heteroatoms. The Morgan fingerprint density at radius 2 is 1.70 bits per heavy atom. The molecular formula is C21H21N3O3. The van der Waals surface area contributed by atoms with E-state index in [1.165, 1.54) is 0 Å². The van der Waals surface area contributed by atoms with Crippen LogP contribution in [0.15, 0.2) is 73.1 Å². The predicted molar refractivity (Wildman–Crippen MR) is 105 cm³/mol. The van der Waals surface area contributed by atoms with Crippen LogP contribution in [0.4, 0.5) is 11.4 Å². The molecule has 3 rings (SSSR count). The van der Waals surface area contributed by atoms with Crippen molar-refractivity contribution in [1.29, 1.82) is 0 Å². The first-order valence-corrected chi connectivity index (χ1v) is 8.53. The van der Waals surface area contributed by atoms with E-state index < -0.39 is 0 Å². The number of anilines is 2. The molecule has 1 aromatic heterocycles. The fourth-order valence-electron chi connectivity index (χ4n) is 2.46. The summed E-state index contributed by atoms with van der Waals surface area (Å²) in [5.74, 6) is 0.886. The Balaban J connectivity index is 1.48. The van der Waals surface area contributed by atoms with Crippen molar-refractivity contribution in [3.8, 4) is 11.5 Å². The number of carbonyl (C=O) groups is 1. The zero-order valence-corrected chi connectivity index (χ0v) is 15.0. The lowest BCUT2D eigenvalue weighted by molar-refractivity contribution is -0.118. The molecule has 2 N–H and O–H groups in total. The van der Waals surface area contributed by atoms with E-state index in [-0.39, 0.29) is 12.5 Å². The van der Waals surface area contributed by atoms with Crippen LogP contribution in [0.5, 0.6) is 11.5 Å². The van der Waals surface area contributed by atoms with E-state index in [1.807, 2.05) is 54.7 Å². The van der Waals surface area contributed by atoms with Gasteiger partial charge in [-0.1, -0.05) is 18.2 Å². The van der Waals surface area contributed by atoms with Gasteiger partial charge in [0.15, 0.2) is 18.1 Å². The number of nitrogens with zero attached hydrogens (tertiary/aromatic N) is 1. The van der Waals surface area contributed by atoms with Crippen LogP contribution >= 0.6 is 0 Å². The Bertz CT molecular complexity index is 867. The van der Waals surface area contributed by atoms with Gasteiger partial charge in [0.25, 0.3) is 5.91 Å². The standard InChI is InChI=1S/C21H21N3O3/c1-26-19-6-2-3-7-20(19)27-15-21(25)24-18-10-8-17(9-11-18)23-14-16-5-4-12-22-13-16/h2-13,23H,14-15H2,1H3,(H,24,25). The molecule has 0 spiro atoms. The van der Waals surface area contributed by atoms with Crippen molar-refractivity contribution in [1.82, 2.24) is 4.98 Å². The van der Waals surface area contributed by atoms with E-state index in [9.17, 15) is 4.79 Å². The van der Waals surface area contributed by atoms with Crippen molar-refractivity contribution in [3.63, 3.8) is 0 Å². The number of pyridine rings is 1. The smallest absolute Gasteiger partial charge is 0.262 e. The van der Waals surface area contributed by atoms with Crippen LogP contribution in [0, 0.1) is 0 Å². The number of benzene rings is 2. The molecule has 27 heavy (non-hydrogen) atoms. The third kappa shape index (κ3) is 5.47. The molecule has 3 aromatic rings. The Kier molecular flexibility index (Phi) is 6.25. The largest absolute Gasteiger partial charge is 0.493 e. The third-order valence-electron chi connectivity index (χ3n) is 3.82. The quantitative estimate of drug-likeness (QED) is 0.638. The Morgan fingerprint density at radius 3 is 2.41 bits per heavy atom. The van der Waals surface area contributed by atoms with Gasteiger partial charge in [-0.2, -0.15) is 0 Å². The average molecular weight is 363 g/mol. The molecule has 0 aliphatic carbocycles. The van der Waals surface area contributed by atoms with Gasteiger partial charge in [0.2, 0.25) is 0 Å². The highest BCUT2D eigenvalue weighted by Gasteiger charge is 2.07. The molecule has 0 saturated carbocycles. The molecule has 0 bridgehead atoms. The highest BCUT2D eigenvalue weighted by Crippen LogP contribution is 2.25. The fourth-order valence-corrected chi connectivity index (χ4v) is 2.46. The van der Waals surface area contributed by atoms with Crippen LogP contribution < -0.4 is 20.1 Å². The van der Waals surface area contributed by atoms with Crippen LogP contribution in [0.25, 0.3) is 0 Å². The van der Waals surface area contributed by atoms with E-state index in [0.29, 0.717) is 23.7 Å². The van der Waals surface area contributed by atoms with Crippen molar-refractivity contribution in [2.45, 2.75) is 6.54 Å². The zero-order valence-electron chi connectivity index (χ0n) is 15.0. The number of aromatic nitrogens is 1. The van der Waals surface area contributed by atoms with Gasteiger partial charge < -0.3 is 20.1 Å². The van der Waals surface area contributed by atoms with Crippen molar-refractivity contribution < 1.29 is 14.3 Å². The minimum absolute atomic E-state index is 0.0959. The minimum atomic E-state index is -0.239. The summed E-state index contributed by atoms with van der Waals surface area (Å²) < 4.78 is 10.7. The molecule has 2 aromatic carbocycles. The number of carbonyl (C=O) groups excluding carboxylic acids is 1. The van der Waals surface area contributed by atoms with Crippen LogP contribution in [-0.4, -0.2) is 24.6 Å². The maximum absolute atomic E-state index is 12.1. The molecular weight excluding hydrogens is 342 g/mol. The highest BCUT2D eigenvalue weighted by molar-refractivity contribution is 5.92. The van der Waals surface area contributed by atoms with E-state index >= 15 is 0 Å². The molecule has 0 aliphatic rings. The summed E-state index contributed by atoms with van der Waals surface area (Å²) in [4.78, 5) is 16.2. The third-order valence-corrected chi connectivity index (χ3v) is 3.82. The first kappa shape index (κ1) is 18.3. The summed E-state index contributed by atoms with van der Waals surface area (Å²) in [6.07, 6.45) is 3.57. The SMILES string of the molecule is COc1ccccc1OCC(=O)Nc1ccc(NCc2cccnc2)cc1. The number of rotatable bonds is 8. The van der Waals surface area contributed by atoms with E-state index in [2.05, 4.69) is 15.6 Å². The van der Waals surface area contributed by atoms with Gasteiger partial charge in [-0.25, -0.2) is 0 Å². The van der Waals surface area contributed by atoms with Gasteiger partial charge in [0, 0.05) is 30.3 Å². The molecule has 0 radical (unpaired) electrons. The van der Waals surface area contributed by atoms with Gasteiger partial charge in [-0.05, 0) is 48.0 Å². The lowest BCUT2D eigenvalue weighted by atomic mass is 10.2. The Labute approximate surface area is 158 Å². The molecule has 0 saturated heterocycles. The lowest BCUT2D eigenvalue weighted by Crippen LogP contribution is -2.20. The Hall–Kier alpha value is -3.54. The maximum Gasteiger partial charge on any atom is 0.262 e. The first-order valence-electron chi connectivity index (χ1n) is 8.53. The number of hydrogen-bond acceptors (Lipinski definition) is 5. The van der Waals surface area contributed by atoms with Crippen molar-refractivity contribution >= 4 is 17.3 Å². The number of amides is 1. The summed E-state index contributed by atoms with van der Waals surface area (Å²) in [7, 11) is 1.56. The molecule has 0 aliphatic heterocycles. The fraction of sp³-hybridized carbons (Fsp3) is 0.143. The van der Waals surface area contributed by atoms with E-state index in [1.54, 1.807) is 25.4 Å². The maximum atomic E-state index is 12.1. The topological polar surface area (TPSA) is 72.5 Å². The normalized spacial score (nSPS) is 10.1.